The molecule has 130 valence electrons. The third-order valence-electron chi connectivity index (χ3n) is 4.28. The summed E-state index contributed by atoms with van der Waals surface area (Å²) in [6.07, 6.45) is 1.37. The molecule has 0 aromatic carbocycles. The van der Waals surface area contributed by atoms with Gasteiger partial charge in [-0.2, -0.15) is 0 Å². The second kappa shape index (κ2) is 7.90. The van der Waals surface area contributed by atoms with Crippen LogP contribution in [-0.4, -0.2) is 39.9 Å². The SMILES string of the molecule is CCCCC(=O)CC(CC)[n+]1occ2c1OC(CO)[C@@H](O)[C@@H]2O. The number of ketones is 1. The summed E-state index contributed by atoms with van der Waals surface area (Å²) in [5, 5.41) is 29.3. The van der Waals surface area contributed by atoms with Crippen molar-refractivity contribution in [2.24, 2.45) is 0 Å². The van der Waals surface area contributed by atoms with Crippen LogP contribution in [-0.2, 0) is 4.79 Å². The number of aromatic nitrogens is 1. The lowest BCUT2D eigenvalue weighted by Crippen LogP contribution is -2.48. The molecule has 23 heavy (non-hydrogen) atoms. The van der Waals surface area contributed by atoms with Crippen LogP contribution in [0, 0.1) is 0 Å². The first-order valence-electron chi connectivity index (χ1n) is 8.22. The van der Waals surface area contributed by atoms with Crippen LogP contribution in [0.4, 0.5) is 0 Å². The standard InChI is InChI=1S/C16H26NO6/c1-3-5-6-11(19)7-10(4-2)17-16-12(9-22-17)14(20)15(21)13(8-18)23-16/h9-10,13-15,18,20-21H,3-8H2,1-2H3/q+1/t10?,13?,14-,15-/m1/s1. The molecule has 1 aromatic rings. The van der Waals surface area contributed by atoms with Crippen molar-refractivity contribution in [2.75, 3.05) is 6.61 Å². The van der Waals surface area contributed by atoms with Crippen molar-refractivity contribution in [3.8, 4) is 5.88 Å². The van der Waals surface area contributed by atoms with Gasteiger partial charge in [0.1, 0.15) is 23.6 Å². The molecule has 0 aliphatic carbocycles. The van der Waals surface area contributed by atoms with Crippen LogP contribution in [0.5, 0.6) is 5.88 Å². The largest absolute Gasteiger partial charge is 0.433 e. The number of aliphatic hydroxyl groups excluding tert-OH is 3. The molecule has 2 heterocycles. The van der Waals surface area contributed by atoms with Gasteiger partial charge in [0.25, 0.3) is 0 Å². The molecule has 2 unspecified atom stereocenters. The molecule has 4 atom stereocenters. The van der Waals surface area contributed by atoms with E-state index in [1.807, 2.05) is 13.8 Å². The Hall–Kier alpha value is -1.44. The Labute approximate surface area is 135 Å². The fourth-order valence-electron chi connectivity index (χ4n) is 2.78. The number of hydrogen-bond donors (Lipinski definition) is 3. The van der Waals surface area contributed by atoms with Gasteiger partial charge in [-0.15, -0.1) is 0 Å². The zero-order valence-electron chi connectivity index (χ0n) is 13.6. The molecule has 0 fully saturated rings. The van der Waals surface area contributed by atoms with Crippen LogP contribution >= 0.6 is 0 Å². The van der Waals surface area contributed by atoms with Gasteiger partial charge >= 0.3 is 5.88 Å². The van der Waals surface area contributed by atoms with E-state index in [2.05, 4.69) is 0 Å². The smallest absolute Gasteiger partial charge is 0.421 e. The number of fused-ring (bicyclic) bond motifs is 1. The summed E-state index contributed by atoms with van der Waals surface area (Å²) in [6.45, 7) is 3.56. The molecule has 7 nitrogen and oxygen atoms in total. The van der Waals surface area contributed by atoms with E-state index in [-0.39, 0.29) is 17.7 Å². The molecule has 3 N–H and O–H groups in total. The Morgan fingerprint density at radius 2 is 2.13 bits per heavy atom. The Balaban J connectivity index is 2.20. The molecule has 0 saturated heterocycles. The minimum atomic E-state index is -1.22. The lowest BCUT2D eigenvalue weighted by molar-refractivity contribution is -0.884. The third-order valence-corrected chi connectivity index (χ3v) is 4.28. The van der Waals surface area contributed by atoms with Crippen molar-refractivity contribution in [2.45, 2.75) is 70.3 Å². The molecular weight excluding hydrogens is 302 g/mol. The fraction of sp³-hybridized carbons (Fsp3) is 0.750. The van der Waals surface area contributed by atoms with Gasteiger partial charge in [-0.1, -0.05) is 20.3 Å². The Kier molecular flexibility index (Phi) is 6.15. The lowest BCUT2D eigenvalue weighted by Gasteiger charge is -2.28. The highest BCUT2D eigenvalue weighted by Gasteiger charge is 2.45. The van der Waals surface area contributed by atoms with Gasteiger partial charge in [0.2, 0.25) is 6.04 Å². The first kappa shape index (κ1) is 17.9. The van der Waals surface area contributed by atoms with Gasteiger partial charge in [0.05, 0.1) is 13.0 Å². The molecule has 0 bridgehead atoms. The highest BCUT2D eigenvalue weighted by molar-refractivity contribution is 5.78. The first-order chi connectivity index (χ1) is 11.0. The zero-order valence-corrected chi connectivity index (χ0v) is 13.6. The van der Waals surface area contributed by atoms with E-state index >= 15 is 0 Å². The van der Waals surface area contributed by atoms with Gasteiger partial charge in [0.15, 0.2) is 12.4 Å². The molecule has 2 rings (SSSR count). The number of hydrogen-bond acceptors (Lipinski definition) is 6. The topological polar surface area (TPSA) is 104 Å². The van der Waals surface area contributed by atoms with Gasteiger partial charge in [-0.25, -0.2) is 4.52 Å². The molecule has 0 spiro atoms. The zero-order chi connectivity index (χ0) is 17.0. The van der Waals surface area contributed by atoms with Gasteiger partial charge < -0.3 is 20.1 Å². The van der Waals surface area contributed by atoms with Crippen LogP contribution in [0.25, 0.3) is 0 Å². The predicted molar refractivity (Wildman–Crippen MR) is 79.8 cm³/mol. The van der Waals surface area contributed by atoms with Crippen molar-refractivity contribution in [3.63, 3.8) is 0 Å². The van der Waals surface area contributed by atoms with E-state index in [4.69, 9.17) is 9.26 Å². The summed E-state index contributed by atoms with van der Waals surface area (Å²) < 4.78 is 12.5. The maximum Gasteiger partial charge on any atom is 0.421 e. The minimum Gasteiger partial charge on any atom is -0.433 e. The van der Waals surface area contributed by atoms with Crippen LogP contribution < -0.4 is 9.48 Å². The lowest BCUT2D eigenvalue weighted by atomic mass is 10.00. The Morgan fingerprint density at radius 3 is 2.74 bits per heavy atom. The van der Waals surface area contributed by atoms with Crippen molar-refractivity contribution in [3.05, 3.63) is 11.8 Å². The molecule has 1 aliphatic rings. The maximum absolute atomic E-state index is 12.0. The predicted octanol–water partition coefficient (Wildman–Crippen LogP) is 0.815. The normalized spacial score (nSPS) is 24.8. The number of nitrogens with zero attached hydrogens (tertiary/aromatic N) is 1. The maximum atomic E-state index is 12.0. The number of aliphatic hydroxyl groups is 3. The van der Waals surface area contributed by atoms with Gasteiger partial charge in [-0.3, -0.25) is 4.79 Å². The molecule has 1 aliphatic heterocycles. The first-order valence-corrected chi connectivity index (χ1v) is 8.22. The monoisotopic (exact) mass is 328 g/mol. The van der Waals surface area contributed by atoms with E-state index in [0.29, 0.717) is 24.8 Å². The Morgan fingerprint density at radius 1 is 1.39 bits per heavy atom. The van der Waals surface area contributed by atoms with Crippen molar-refractivity contribution in [1.29, 1.82) is 0 Å². The quantitative estimate of drug-likeness (QED) is 0.610. The summed E-state index contributed by atoms with van der Waals surface area (Å²) in [5.41, 5.74) is 0.335. The van der Waals surface area contributed by atoms with E-state index in [9.17, 15) is 20.1 Å². The van der Waals surface area contributed by atoms with Crippen molar-refractivity contribution < 1.29 is 34.1 Å². The number of rotatable bonds is 8. The van der Waals surface area contributed by atoms with Crippen molar-refractivity contribution >= 4 is 5.78 Å². The number of carbonyl (C=O) groups is 1. The van der Waals surface area contributed by atoms with Gasteiger partial charge in [-0.05, 0) is 6.42 Å². The van der Waals surface area contributed by atoms with Crippen LogP contribution in [0.2, 0.25) is 0 Å². The number of carbonyl (C=O) groups excluding carboxylic acids is 1. The Bertz CT molecular complexity index is 529. The number of unbranched alkanes of at least 4 members (excludes halogenated alkanes) is 1. The second-order valence-corrected chi connectivity index (χ2v) is 5.99. The molecule has 7 heteroatoms. The van der Waals surface area contributed by atoms with Gasteiger partial charge in [0, 0.05) is 17.6 Å². The van der Waals surface area contributed by atoms with E-state index < -0.39 is 24.9 Å². The van der Waals surface area contributed by atoms with Crippen LogP contribution in [0.3, 0.4) is 0 Å². The molecule has 0 amide bonds. The summed E-state index contributed by atoms with van der Waals surface area (Å²) in [5.74, 6) is 0.434. The molecule has 0 saturated carbocycles. The summed E-state index contributed by atoms with van der Waals surface area (Å²) in [6, 6.07) is -0.218. The number of Topliss-reactive ketones (excluding diaryl/α,β-unsaturated/α-hetero) is 1. The molecule has 1 aromatic heterocycles. The third kappa shape index (κ3) is 3.73. The average Bonchev–Trinajstić information content (AvgIpc) is 2.97. The van der Waals surface area contributed by atoms with E-state index in [1.165, 1.54) is 11.0 Å². The van der Waals surface area contributed by atoms with Crippen LogP contribution in [0.15, 0.2) is 10.8 Å². The summed E-state index contributed by atoms with van der Waals surface area (Å²) >= 11 is 0. The van der Waals surface area contributed by atoms with Crippen molar-refractivity contribution in [1.82, 2.24) is 0 Å². The molecule has 0 radical (unpaired) electrons. The number of ether oxygens (including phenoxy) is 1. The highest BCUT2D eigenvalue weighted by atomic mass is 16.6. The highest BCUT2D eigenvalue weighted by Crippen LogP contribution is 2.34. The summed E-state index contributed by atoms with van der Waals surface area (Å²) in [4.78, 5) is 12.0. The average molecular weight is 328 g/mol. The van der Waals surface area contributed by atoms with E-state index in [1.54, 1.807) is 0 Å². The fourth-order valence-corrected chi connectivity index (χ4v) is 2.78. The molecular formula is C16H26NO6+. The summed E-state index contributed by atoms with van der Waals surface area (Å²) in [7, 11) is 0. The minimum absolute atomic E-state index is 0.159. The second-order valence-electron chi connectivity index (χ2n) is 5.99. The van der Waals surface area contributed by atoms with Crippen LogP contribution in [0.1, 0.15) is 63.7 Å². The van der Waals surface area contributed by atoms with E-state index in [0.717, 1.165) is 12.8 Å².